The summed E-state index contributed by atoms with van der Waals surface area (Å²) in [5.74, 6) is 1.60. The van der Waals surface area contributed by atoms with Gasteiger partial charge in [0.25, 0.3) is 0 Å². The van der Waals surface area contributed by atoms with Gasteiger partial charge in [-0.2, -0.15) is 0 Å². The van der Waals surface area contributed by atoms with Crippen molar-refractivity contribution in [2.45, 2.75) is 45.3 Å². The van der Waals surface area contributed by atoms with Crippen molar-refractivity contribution in [2.24, 2.45) is 0 Å². The number of nitrogens with zero attached hydrogens (tertiary/aromatic N) is 1. The molecule has 0 aromatic heterocycles. The molecule has 2 unspecified atom stereocenters. The molecule has 1 fully saturated rings. The first-order valence-electron chi connectivity index (χ1n) is 7.86. The van der Waals surface area contributed by atoms with Crippen LogP contribution >= 0.6 is 0 Å². The summed E-state index contributed by atoms with van der Waals surface area (Å²) in [6.45, 7) is 7.75. The second kappa shape index (κ2) is 7.66. The standard InChI is InChI=1S/C17H28N2O2/c1-5-15-12-19(13(2)8-9-18-15)11-14-6-7-16(20-3)17(10-14)21-4/h6-7,10,13,15,18H,5,8-9,11-12H2,1-4H3. The highest BCUT2D eigenvalue weighted by Crippen LogP contribution is 2.28. The molecule has 1 aliphatic heterocycles. The van der Waals surface area contributed by atoms with E-state index < -0.39 is 0 Å². The van der Waals surface area contributed by atoms with Gasteiger partial charge in [0.05, 0.1) is 14.2 Å². The predicted molar refractivity (Wildman–Crippen MR) is 86.1 cm³/mol. The molecule has 1 aromatic rings. The molecule has 1 saturated heterocycles. The minimum absolute atomic E-state index is 0.593. The van der Waals surface area contributed by atoms with Gasteiger partial charge in [0.15, 0.2) is 11.5 Å². The van der Waals surface area contributed by atoms with Gasteiger partial charge in [-0.25, -0.2) is 0 Å². The predicted octanol–water partition coefficient (Wildman–Crippen LogP) is 2.67. The Balaban J connectivity index is 2.11. The Morgan fingerprint density at radius 2 is 2.00 bits per heavy atom. The Hall–Kier alpha value is -1.26. The highest BCUT2D eigenvalue weighted by Gasteiger charge is 2.22. The summed E-state index contributed by atoms with van der Waals surface area (Å²) in [4.78, 5) is 2.56. The van der Waals surface area contributed by atoms with E-state index in [0.29, 0.717) is 12.1 Å². The fourth-order valence-electron chi connectivity index (χ4n) is 2.91. The van der Waals surface area contributed by atoms with Crippen molar-refractivity contribution >= 4 is 0 Å². The minimum atomic E-state index is 0.593. The molecule has 1 N–H and O–H groups in total. The number of methoxy groups -OCH3 is 2. The molecule has 118 valence electrons. The first-order valence-corrected chi connectivity index (χ1v) is 7.86. The molecular formula is C17H28N2O2. The van der Waals surface area contributed by atoms with Crippen LogP contribution < -0.4 is 14.8 Å². The topological polar surface area (TPSA) is 33.7 Å². The van der Waals surface area contributed by atoms with E-state index in [1.807, 2.05) is 6.07 Å². The highest BCUT2D eigenvalue weighted by molar-refractivity contribution is 5.42. The molecule has 0 radical (unpaired) electrons. The van der Waals surface area contributed by atoms with Gasteiger partial charge < -0.3 is 14.8 Å². The van der Waals surface area contributed by atoms with Crippen LogP contribution in [0.2, 0.25) is 0 Å². The van der Waals surface area contributed by atoms with Gasteiger partial charge >= 0.3 is 0 Å². The molecule has 0 aliphatic carbocycles. The number of nitrogens with one attached hydrogen (secondary N) is 1. The lowest BCUT2D eigenvalue weighted by atomic mass is 10.1. The maximum absolute atomic E-state index is 5.40. The summed E-state index contributed by atoms with van der Waals surface area (Å²) >= 11 is 0. The summed E-state index contributed by atoms with van der Waals surface area (Å²) in [7, 11) is 3.36. The van der Waals surface area contributed by atoms with Crippen molar-refractivity contribution in [3.63, 3.8) is 0 Å². The van der Waals surface area contributed by atoms with Gasteiger partial charge in [-0.1, -0.05) is 13.0 Å². The van der Waals surface area contributed by atoms with Gasteiger partial charge in [-0.05, 0) is 44.0 Å². The number of benzene rings is 1. The third-order valence-corrected chi connectivity index (χ3v) is 4.40. The van der Waals surface area contributed by atoms with Crippen LogP contribution in [0.3, 0.4) is 0 Å². The maximum Gasteiger partial charge on any atom is 0.161 e. The molecule has 0 bridgehead atoms. The number of hydrogen-bond donors (Lipinski definition) is 1. The van der Waals surface area contributed by atoms with Crippen LogP contribution in [0.15, 0.2) is 18.2 Å². The smallest absolute Gasteiger partial charge is 0.161 e. The molecule has 0 saturated carbocycles. The van der Waals surface area contributed by atoms with Crippen molar-refractivity contribution in [2.75, 3.05) is 27.3 Å². The van der Waals surface area contributed by atoms with Gasteiger partial charge in [0.1, 0.15) is 0 Å². The van der Waals surface area contributed by atoms with Crippen LogP contribution in [0.5, 0.6) is 11.5 Å². The molecule has 1 aliphatic rings. The molecule has 0 spiro atoms. The quantitative estimate of drug-likeness (QED) is 0.904. The average Bonchev–Trinajstić information content (AvgIpc) is 2.69. The van der Waals surface area contributed by atoms with E-state index in [-0.39, 0.29) is 0 Å². The van der Waals surface area contributed by atoms with Crippen molar-refractivity contribution in [3.05, 3.63) is 23.8 Å². The van der Waals surface area contributed by atoms with E-state index >= 15 is 0 Å². The second-order valence-corrected chi connectivity index (χ2v) is 5.82. The molecule has 21 heavy (non-hydrogen) atoms. The van der Waals surface area contributed by atoms with Crippen LogP contribution in [0, 0.1) is 0 Å². The summed E-state index contributed by atoms with van der Waals surface area (Å²) in [6.07, 6.45) is 2.37. The van der Waals surface area contributed by atoms with E-state index in [2.05, 4.69) is 36.2 Å². The fourth-order valence-corrected chi connectivity index (χ4v) is 2.91. The van der Waals surface area contributed by atoms with Crippen molar-refractivity contribution in [3.8, 4) is 11.5 Å². The molecule has 2 atom stereocenters. The van der Waals surface area contributed by atoms with Crippen LogP contribution in [0.4, 0.5) is 0 Å². The first kappa shape index (κ1) is 16.1. The highest BCUT2D eigenvalue weighted by atomic mass is 16.5. The zero-order chi connectivity index (χ0) is 15.2. The molecule has 4 nitrogen and oxygen atoms in total. The second-order valence-electron chi connectivity index (χ2n) is 5.82. The Bertz CT molecular complexity index is 450. The van der Waals surface area contributed by atoms with Gasteiger partial charge in [0, 0.05) is 25.2 Å². The number of rotatable bonds is 5. The maximum atomic E-state index is 5.40. The molecule has 1 aromatic carbocycles. The Labute approximate surface area is 128 Å². The number of ether oxygens (including phenoxy) is 2. The van der Waals surface area contributed by atoms with E-state index in [4.69, 9.17) is 9.47 Å². The molecular weight excluding hydrogens is 264 g/mol. The largest absolute Gasteiger partial charge is 0.493 e. The Morgan fingerprint density at radius 1 is 1.24 bits per heavy atom. The fraction of sp³-hybridized carbons (Fsp3) is 0.647. The monoisotopic (exact) mass is 292 g/mol. The summed E-state index contributed by atoms with van der Waals surface area (Å²) in [5.41, 5.74) is 1.27. The van der Waals surface area contributed by atoms with E-state index in [9.17, 15) is 0 Å². The van der Waals surface area contributed by atoms with Crippen molar-refractivity contribution < 1.29 is 9.47 Å². The van der Waals surface area contributed by atoms with Crippen LogP contribution in [-0.4, -0.2) is 44.3 Å². The third kappa shape index (κ3) is 4.11. The average molecular weight is 292 g/mol. The molecule has 1 heterocycles. The summed E-state index contributed by atoms with van der Waals surface area (Å²) < 4.78 is 10.7. The zero-order valence-electron chi connectivity index (χ0n) is 13.7. The molecule has 2 rings (SSSR count). The van der Waals surface area contributed by atoms with E-state index in [1.165, 1.54) is 18.4 Å². The lowest BCUT2D eigenvalue weighted by Crippen LogP contribution is -2.39. The van der Waals surface area contributed by atoms with E-state index in [0.717, 1.165) is 31.1 Å². The Kier molecular flexibility index (Phi) is 5.88. The van der Waals surface area contributed by atoms with Crippen LogP contribution in [0.1, 0.15) is 32.3 Å². The van der Waals surface area contributed by atoms with Crippen molar-refractivity contribution in [1.82, 2.24) is 10.2 Å². The van der Waals surface area contributed by atoms with E-state index in [1.54, 1.807) is 14.2 Å². The van der Waals surface area contributed by atoms with Gasteiger partial charge in [0.2, 0.25) is 0 Å². The van der Waals surface area contributed by atoms with Gasteiger partial charge in [-0.15, -0.1) is 0 Å². The summed E-state index contributed by atoms with van der Waals surface area (Å²) in [5, 5.41) is 3.63. The zero-order valence-corrected chi connectivity index (χ0v) is 13.7. The third-order valence-electron chi connectivity index (χ3n) is 4.40. The van der Waals surface area contributed by atoms with Crippen molar-refractivity contribution in [1.29, 1.82) is 0 Å². The Morgan fingerprint density at radius 3 is 2.67 bits per heavy atom. The van der Waals surface area contributed by atoms with Crippen LogP contribution in [-0.2, 0) is 6.54 Å². The number of hydrogen-bond acceptors (Lipinski definition) is 4. The SMILES string of the molecule is CCC1CN(Cc2ccc(OC)c(OC)c2)C(C)CCN1. The lowest BCUT2D eigenvalue weighted by molar-refractivity contribution is 0.194. The summed E-state index contributed by atoms with van der Waals surface area (Å²) in [6, 6.07) is 7.40. The minimum Gasteiger partial charge on any atom is -0.493 e. The van der Waals surface area contributed by atoms with Gasteiger partial charge in [-0.3, -0.25) is 4.90 Å². The van der Waals surface area contributed by atoms with Crippen LogP contribution in [0.25, 0.3) is 0 Å². The first-order chi connectivity index (χ1) is 10.2. The molecule has 4 heteroatoms. The lowest BCUT2D eigenvalue weighted by Gasteiger charge is -2.29. The molecule has 0 amide bonds. The normalized spacial score (nSPS) is 23.6.